The zero-order chi connectivity index (χ0) is 13.5. The number of aliphatic carboxylic acids is 1. The van der Waals surface area contributed by atoms with Crippen LogP contribution in [0.15, 0.2) is 0 Å². The molecule has 1 atom stereocenters. The van der Waals surface area contributed by atoms with Crippen LogP contribution >= 0.6 is 0 Å². The van der Waals surface area contributed by atoms with Gasteiger partial charge in [-0.15, -0.1) is 0 Å². The van der Waals surface area contributed by atoms with Crippen LogP contribution in [0.3, 0.4) is 0 Å². The van der Waals surface area contributed by atoms with Gasteiger partial charge in [-0.05, 0) is 12.8 Å². The largest absolute Gasteiger partial charge is 0.480 e. The van der Waals surface area contributed by atoms with Crippen LogP contribution in [0, 0.1) is 5.92 Å². The van der Waals surface area contributed by atoms with Crippen LogP contribution in [0.25, 0.3) is 0 Å². The smallest absolute Gasteiger partial charge is 0.317 e. The quantitative estimate of drug-likeness (QED) is 0.699. The van der Waals surface area contributed by atoms with Crippen LogP contribution in [-0.2, 0) is 9.59 Å². The number of amides is 1. The summed E-state index contributed by atoms with van der Waals surface area (Å²) in [5.41, 5.74) is 5.59. The van der Waals surface area contributed by atoms with Crippen LogP contribution in [0.4, 0.5) is 0 Å². The molecule has 0 aromatic heterocycles. The molecule has 6 heteroatoms. The first kappa shape index (κ1) is 14.9. The van der Waals surface area contributed by atoms with E-state index in [1.807, 2.05) is 16.7 Å². The van der Waals surface area contributed by atoms with Crippen molar-refractivity contribution in [3.8, 4) is 0 Å². The third kappa shape index (κ3) is 4.27. The highest BCUT2D eigenvalue weighted by Gasteiger charge is 2.24. The van der Waals surface area contributed by atoms with Crippen molar-refractivity contribution >= 4 is 11.9 Å². The molecular weight excluding hydrogens is 234 g/mol. The zero-order valence-corrected chi connectivity index (χ0v) is 11.0. The van der Waals surface area contributed by atoms with Crippen molar-refractivity contribution in [1.29, 1.82) is 0 Å². The summed E-state index contributed by atoms with van der Waals surface area (Å²) < 4.78 is 0. The second-order valence-electron chi connectivity index (χ2n) is 4.69. The molecule has 3 N–H and O–H groups in total. The van der Waals surface area contributed by atoms with Gasteiger partial charge in [0.15, 0.2) is 0 Å². The molecule has 1 heterocycles. The maximum atomic E-state index is 12.2. The summed E-state index contributed by atoms with van der Waals surface area (Å²) in [6.07, 6.45) is 1.57. The summed E-state index contributed by atoms with van der Waals surface area (Å²) in [4.78, 5) is 26.5. The Labute approximate surface area is 108 Å². The molecule has 0 saturated carbocycles. The second kappa shape index (κ2) is 7.33. The summed E-state index contributed by atoms with van der Waals surface area (Å²) in [5.74, 6) is -0.809. The van der Waals surface area contributed by atoms with Crippen LogP contribution < -0.4 is 5.73 Å². The summed E-state index contributed by atoms with van der Waals surface area (Å²) in [6, 6.07) is 0. The Balaban J connectivity index is 2.50. The van der Waals surface area contributed by atoms with Crippen LogP contribution in [0.2, 0.25) is 0 Å². The van der Waals surface area contributed by atoms with E-state index in [0.717, 1.165) is 19.4 Å². The summed E-state index contributed by atoms with van der Waals surface area (Å²) in [7, 11) is 0. The summed E-state index contributed by atoms with van der Waals surface area (Å²) >= 11 is 0. The minimum Gasteiger partial charge on any atom is -0.480 e. The van der Waals surface area contributed by atoms with Gasteiger partial charge in [-0.25, -0.2) is 0 Å². The van der Waals surface area contributed by atoms with Gasteiger partial charge >= 0.3 is 5.97 Å². The lowest BCUT2D eigenvalue weighted by molar-refractivity contribution is -0.138. The lowest BCUT2D eigenvalue weighted by Gasteiger charge is -2.25. The predicted molar refractivity (Wildman–Crippen MR) is 68.1 cm³/mol. The second-order valence-corrected chi connectivity index (χ2v) is 4.69. The number of carboxylic acid groups (broad SMARTS) is 1. The molecule has 18 heavy (non-hydrogen) atoms. The molecule has 0 radical (unpaired) electrons. The Morgan fingerprint density at radius 2 is 2.00 bits per heavy atom. The topological polar surface area (TPSA) is 86.9 Å². The number of carbonyl (C=O) groups is 2. The van der Waals surface area contributed by atoms with Gasteiger partial charge in [0.25, 0.3) is 0 Å². The van der Waals surface area contributed by atoms with E-state index < -0.39 is 5.97 Å². The number of carbonyl (C=O) groups excluding carboxylic acids is 1. The number of carboxylic acids is 1. The maximum Gasteiger partial charge on any atom is 0.317 e. The van der Waals surface area contributed by atoms with Crippen molar-refractivity contribution < 1.29 is 14.7 Å². The third-order valence-corrected chi connectivity index (χ3v) is 3.39. The van der Waals surface area contributed by atoms with Crippen LogP contribution in [0.1, 0.15) is 19.8 Å². The Morgan fingerprint density at radius 1 is 1.28 bits per heavy atom. The Bertz CT molecular complexity index is 292. The molecule has 1 saturated heterocycles. The molecule has 1 unspecified atom stereocenters. The van der Waals surface area contributed by atoms with Gasteiger partial charge in [0.1, 0.15) is 0 Å². The van der Waals surface area contributed by atoms with Gasteiger partial charge < -0.3 is 15.7 Å². The standard InChI is InChI=1S/C12H23N3O3/c1-2-10(8-13)12(18)15-5-3-4-14(6-7-15)9-11(16)17/h10H,2-9,13H2,1H3,(H,16,17). The van der Waals surface area contributed by atoms with Gasteiger partial charge in [0.2, 0.25) is 5.91 Å². The number of nitrogens with two attached hydrogens (primary N) is 1. The van der Waals surface area contributed by atoms with Crippen LogP contribution in [0.5, 0.6) is 0 Å². The molecule has 1 fully saturated rings. The highest BCUT2D eigenvalue weighted by atomic mass is 16.4. The summed E-state index contributed by atoms with van der Waals surface area (Å²) in [5, 5.41) is 8.76. The zero-order valence-electron chi connectivity index (χ0n) is 11.0. The fraction of sp³-hybridized carbons (Fsp3) is 0.833. The Hall–Kier alpha value is -1.14. The Kier molecular flexibility index (Phi) is 6.07. The normalized spacial score (nSPS) is 19.3. The first-order valence-electron chi connectivity index (χ1n) is 6.51. The third-order valence-electron chi connectivity index (χ3n) is 3.39. The molecule has 0 aromatic rings. The molecule has 1 aliphatic heterocycles. The molecule has 1 amide bonds. The van der Waals surface area contributed by atoms with E-state index in [9.17, 15) is 9.59 Å². The van der Waals surface area contributed by atoms with E-state index in [-0.39, 0.29) is 18.4 Å². The van der Waals surface area contributed by atoms with E-state index >= 15 is 0 Å². The molecule has 0 bridgehead atoms. The van der Waals surface area contributed by atoms with Gasteiger partial charge in [-0.1, -0.05) is 6.92 Å². The highest BCUT2D eigenvalue weighted by Crippen LogP contribution is 2.10. The van der Waals surface area contributed by atoms with E-state index in [1.165, 1.54) is 0 Å². The number of nitrogens with zero attached hydrogens (tertiary/aromatic N) is 2. The lowest BCUT2D eigenvalue weighted by Crippen LogP contribution is -2.41. The van der Waals surface area contributed by atoms with Crippen molar-refractivity contribution in [3.05, 3.63) is 0 Å². The molecule has 0 aromatic carbocycles. The van der Waals surface area contributed by atoms with Crippen molar-refractivity contribution in [3.63, 3.8) is 0 Å². The van der Waals surface area contributed by atoms with E-state index in [4.69, 9.17) is 10.8 Å². The minimum absolute atomic E-state index is 0.0517. The van der Waals surface area contributed by atoms with Gasteiger partial charge in [-0.2, -0.15) is 0 Å². The van der Waals surface area contributed by atoms with E-state index in [2.05, 4.69) is 0 Å². The predicted octanol–water partition coefficient (Wildman–Crippen LogP) is -0.410. The van der Waals surface area contributed by atoms with Crippen molar-refractivity contribution in [2.75, 3.05) is 39.3 Å². The average molecular weight is 257 g/mol. The SMILES string of the molecule is CCC(CN)C(=O)N1CCCN(CC(=O)O)CC1. The first-order valence-corrected chi connectivity index (χ1v) is 6.51. The van der Waals surface area contributed by atoms with E-state index in [1.54, 1.807) is 0 Å². The molecule has 104 valence electrons. The monoisotopic (exact) mass is 257 g/mol. The lowest BCUT2D eigenvalue weighted by atomic mass is 10.1. The van der Waals surface area contributed by atoms with Crippen molar-refractivity contribution in [2.24, 2.45) is 11.7 Å². The number of rotatable bonds is 5. The van der Waals surface area contributed by atoms with Crippen molar-refractivity contribution in [2.45, 2.75) is 19.8 Å². The minimum atomic E-state index is -0.817. The fourth-order valence-corrected chi connectivity index (χ4v) is 2.24. The molecule has 0 aliphatic carbocycles. The van der Waals surface area contributed by atoms with Gasteiger partial charge in [-0.3, -0.25) is 14.5 Å². The van der Waals surface area contributed by atoms with E-state index in [0.29, 0.717) is 26.2 Å². The maximum absolute atomic E-state index is 12.2. The fourth-order valence-electron chi connectivity index (χ4n) is 2.24. The Morgan fingerprint density at radius 3 is 2.56 bits per heavy atom. The molecule has 1 rings (SSSR count). The summed E-state index contributed by atoms with van der Waals surface area (Å²) in [6.45, 7) is 5.05. The highest BCUT2D eigenvalue weighted by molar-refractivity contribution is 5.79. The molecular formula is C12H23N3O3. The first-order chi connectivity index (χ1) is 8.58. The molecule has 1 aliphatic rings. The number of hydrogen-bond donors (Lipinski definition) is 2. The average Bonchev–Trinajstić information content (AvgIpc) is 2.55. The van der Waals surface area contributed by atoms with Crippen molar-refractivity contribution in [1.82, 2.24) is 9.80 Å². The van der Waals surface area contributed by atoms with Crippen LogP contribution in [-0.4, -0.2) is 66.1 Å². The number of hydrogen-bond acceptors (Lipinski definition) is 4. The molecule has 6 nitrogen and oxygen atoms in total. The van der Waals surface area contributed by atoms with Gasteiger partial charge in [0, 0.05) is 32.7 Å². The molecule has 0 spiro atoms. The van der Waals surface area contributed by atoms with Gasteiger partial charge in [0.05, 0.1) is 12.5 Å².